The second-order valence-electron chi connectivity index (χ2n) is 6.91. The topological polar surface area (TPSA) is 42.5 Å². The molecule has 0 aliphatic carbocycles. The van der Waals surface area contributed by atoms with Gasteiger partial charge in [0.2, 0.25) is 0 Å². The first-order chi connectivity index (χ1) is 7.89. The molecule has 2 atom stereocenters. The van der Waals surface area contributed by atoms with Crippen molar-refractivity contribution in [2.24, 2.45) is 0 Å². The number of rotatable bonds is 6. The Morgan fingerprint density at radius 1 is 0.667 bits per heavy atom. The summed E-state index contributed by atoms with van der Waals surface area (Å²) in [5.41, 5.74) is 0.0722. The molecule has 0 spiro atoms. The fourth-order valence-electron chi connectivity index (χ4n) is 1.89. The summed E-state index contributed by atoms with van der Waals surface area (Å²) in [6, 6.07) is 0. The van der Waals surface area contributed by atoms with E-state index in [1.54, 1.807) is 0 Å². The van der Waals surface area contributed by atoms with Gasteiger partial charge in [0.15, 0.2) is 6.29 Å². The highest BCUT2D eigenvalue weighted by atomic mass is 16.7. The molecule has 0 heterocycles. The van der Waals surface area contributed by atoms with E-state index >= 15 is 0 Å². The van der Waals surface area contributed by atoms with Crippen molar-refractivity contribution in [1.82, 2.24) is 10.6 Å². The van der Waals surface area contributed by atoms with Gasteiger partial charge in [-0.25, -0.2) is 0 Å². The third-order valence-electron chi connectivity index (χ3n) is 2.06. The largest absolute Gasteiger partial charge is 0.335 e. The maximum Gasteiger partial charge on any atom is 0.158 e. The van der Waals surface area contributed by atoms with Gasteiger partial charge in [-0.05, 0) is 62.3 Å². The zero-order valence-electron chi connectivity index (χ0n) is 13.5. The molecule has 0 aromatic heterocycles. The van der Waals surface area contributed by atoms with Gasteiger partial charge >= 0.3 is 0 Å². The maximum atomic E-state index is 5.74. The molecule has 0 aliphatic rings. The van der Waals surface area contributed by atoms with Gasteiger partial charge in [-0.3, -0.25) is 10.6 Å². The van der Waals surface area contributed by atoms with Gasteiger partial charge in [-0.2, -0.15) is 0 Å². The molecule has 18 heavy (non-hydrogen) atoms. The molecule has 2 unspecified atom stereocenters. The predicted octanol–water partition coefficient (Wildman–Crippen LogP) is 2.83. The lowest BCUT2D eigenvalue weighted by Crippen LogP contribution is -2.47. The molecule has 0 saturated heterocycles. The minimum atomic E-state index is -0.250. The van der Waals surface area contributed by atoms with Gasteiger partial charge in [0.05, 0.1) is 0 Å². The van der Waals surface area contributed by atoms with E-state index in [9.17, 15) is 0 Å². The first-order valence-corrected chi connectivity index (χ1v) is 6.75. The van der Waals surface area contributed by atoms with Gasteiger partial charge in [-0.1, -0.05) is 0 Å². The van der Waals surface area contributed by atoms with E-state index in [0.717, 1.165) is 0 Å². The third-order valence-corrected chi connectivity index (χ3v) is 2.06. The summed E-state index contributed by atoms with van der Waals surface area (Å²) in [6.07, 6.45) is -0.330. The fraction of sp³-hybridized carbons (Fsp3) is 1.00. The standard InChI is InChI=1S/C14H32N2O2/c1-10(15-13(4,5)6)17-12(3)18-11(2)16-14(7,8)9/h10-12,15-16H,1-9H3. The number of hydrogen-bond donors (Lipinski definition) is 2. The van der Waals surface area contributed by atoms with Crippen LogP contribution in [0.3, 0.4) is 0 Å². The van der Waals surface area contributed by atoms with Crippen LogP contribution in [0.2, 0.25) is 0 Å². The molecule has 0 radical (unpaired) electrons. The summed E-state index contributed by atoms with van der Waals surface area (Å²) >= 11 is 0. The molecule has 4 heteroatoms. The Bertz CT molecular complexity index is 207. The molecule has 0 bridgehead atoms. The van der Waals surface area contributed by atoms with E-state index in [1.807, 2.05) is 20.8 Å². The van der Waals surface area contributed by atoms with E-state index < -0.39 is 0 Å². The summed E-state index contributed by atoms with van der Waals surface area (Å²) in [5, 5.41) is 6.70. The van der Waals surface area contributed by atoms with Crippen molar-refractivity contribution in [3.63, 3.8) is 0 Å². The minimum Gasteiger partial charge on any atom is -0.335 e. The Balaban J connectivity index is 4.00. The van der Waals surface area contributed by atoms with Crippen molar-refractivity contribution in [3.05, 3.63) is 0 Å². The molecule has 0 aromatic rings. The second kappa shape index (κ2) is 6.85. The van der Waals surface area contributed by atoms with E-state index in [0.29, 0.717) is 0 Å². The lowest BCUT2D eigenvalue weighted by Gasteiger charge is -2.31. The Hall–Kier alpha value is -0.160. The second-order valence-corrected chi connectivity index (χ2v) is 6.91. The highest BCUT2D eigenvalue weighted by molar-refractivity contribution is 4.72. The molecular formula is C14H32N2O2. The summed E-state index contributed by atoms with van der Waals surface area (Å²) in [4.78, 5) is 0. The average Bonchev–Trinajstić information content (AvgIpc) is 1.92. The maximum absolute atomic E-state index is 5.74. The number of nitrogens with one attached hydrogen (secondary N) is 2. The summed E-state index contributed by atoms with van der Waals surface area (Å²) < 4.78 is 11.5. The van der Waals surface area contributed by atoms with Crippen LogP contribution in [0.4, 0.5) is 0 Å². The molecule has 0 amide bonds. The molecule has 0 fully saturated rings. The fourth-order valence-corrected chi connectivity index (χ4v) is 1.89. The van der Waals surface area contributed by atoms with Gasteiger partial charge in [0.25, 0.3) is 0 Å². The zero-order valence-corrected chi connectivity index (χ0v) is 13.5. The average molecular weight is 260 g/mol. The molecule has 0 rings (SSSR count). The molecule has 0 aliphatic heterocycles. The lowest BCUT2D eigenvalue weighted by molar-refractivity contribution is -0.194. The lowest BCUT2D eigenvalue weighted by atomic mass is 10.1. The van der Waals surface area contributed by atoms with E-state index in [1.165, 1.54) is 0 Å². The van der Waals surface area contributed by atoms with Crippen LogP contribution in [0.15, 0.2) is 0 Å². The number of ether oxygens (including phenoxy) is 2. The monoisotopic (exact) mass is 260 g/mol. The molecule has 0 aromatic carbocycles. The Labute approximate surface area is 113 Å². The van der Waals surface area contributed by atoms with E-state index in [2.05, 4.69) is 52.2 Å². The smallest absolute Gasteiger partial charge is 0.158 e. The summed E-state index contributed by atoms with van der Waals surface area (Å²) in [5.74, 6) is 0. The predicted molar refractivity (Wildman–Crippen MR) is 76.3 cm³/mol. The molecule has 110 valence electrons. The minimum absolute atomic E-state index is 0.0361. The Kier molecular flexibility index (Phi) is 6.79. The number of hydrogen-bond acceptors (Lipinski definition) is 4. The van der Waals surface area contributed by atoms with E-state index in [4.69, 9.17) is 9.47 Å². The molecule has 0 saturated carbocycles. The summed E-state index contributed by atoms with van der Waals surface area (Å²) in [7, 11) is 0. The van der Waals surface area contributed by atoms with E-state index in [-0.39, 0.29) is 29.8 Å². The first-order valence-electron chi connectivity index (χ1n) is 6.75. The molecular weight excluding hydrogens is 228 g/mol. The Morgan fingerprint density at radius 2 is 0.944 bits per heavy atom. The highest BCUT2D eigenvalue weighted by Crippen LogP contribution is 2.08. The van der Waals surface area contributed by atoms with Crippen LogP contribution in [0.1, 0.15) is 62.3 Å². The van der Waals surface area contributed by atoms with Crippen LogP contribution in [0.25, 0.3) is 0 Å². The van der Waals surface area contributed by atoms with Gasteiger partial charge < -0.3 is 9.47 Å². The van der Waals surface area contributed by atoms with Gasteiger partial charge in [0, 0.05) is 11.1 Å². The van der Waals surface area contributed by atoms with Crippen LogP contribution in [0, 0.1) is 0 Å². The third kappa shape index (κ3) is 11.0. The van der Waals surface area contributed by atoms with Crippen molar-refractivity contribution in [2.75, 3.05) is 0 Å². The Morgan fingerprint density at radius 3 is 1.17 bits per heavy atom. The van der Waals surface area contributed by atoms with Gasteiger partial charge in [-0.15, -0.1) is 0 Å². The molecule has 2 N–H and O–H groups in total. The normalized spacial score (nSPS) is 18.5. The summed E-state index contributed by atoms with van der Waals surface area (Å²) in [6.45, 7) is 18.6. The van der Waals surface area contributed by atoms with Crippen LogP contribution in [-0.4, -0.2) is 29.8 Å². The van der Waals surface area contributed by atoms with Gasteiger partial charge in [0.1, 0.15) is 12.5 Å². The van der Waals surface area contributed by atoms with Crippen LogP contribution >= 0.6 is 0 Å². The highest BCUT2D eigenvalue weighted by Gasteiger charge is 2.19. The zero-order chi connectivity index (χ0) is 14.6. The van der Waals surface area contributed by atoms with Crippen LogP contribution < -0.4 is 10.6 Å². The van der Waals surface area contributed by atoms with Crippen LogP contribution in [-0.2, 0) is 9.47 Å². The van der Waals surface area contributed by atoms with Crippen molar-refractivity contribution in [1.29, 1.82) is 0 Å². The first kappa shape index (κ1) is 17.8. The SMILES string of the molecule is CC(NC(C)(C)C)OC(C)OC(C)NC(C)(C)C. The van der Waals surface area contributed by atoms with Crippen molar-refractivity contribution in [2.45, 2.75) is 92.1 Å². The van der Waals surface area contributed by atoms with Crippen molar-refractivity contribution in [3.8, 4) is 0 Å². The van der Waals surface area contributed by atoms with Crippen molar-refractivity contribution >= 4 is 0 Å². The quantitative estimate of drug-likeness (QED) is 0.721. The van der Waals surface area contributed by atoms with Crippen molar-refractivity contribution < 1.29 is 9.47 Å². The molecule has 4 nitrogen and oxygen atoms in total. The van der Waals surface area contributed by atoms with Crippen LogP contribution in [0.5, 0.6) is 0 Å².